The highest BCUT2D eigenvalue weighted by atomic mass is 14.9. The fraction of sp³-hybridized carbons (Fsp3) is 0.286. The predicted octanol–water partition coefficient (Wildman–Crippen LogP) is 1.51. The van der Waals surface area contributed by atoms with E-state index in [0.717, 1.165) is 11.4 Å². The van der Waals surface area contributed by atoms with Gasteiger partial charge in [-0.25, -0.2) is 9.97 Å². The lowest BCUT2D eigenvalue weighted by Crippen LogP contribution is -1.82. The van der Waals surface area contributed by atoms with Crippen molar-refractivity contribution in [1.29, 1.82) is 0 Å². The van der Waals surface area contributed by atoms with E-state index in [1.165, 1.54) is 6.33 Å². The smallest absolute Gasteiger partial charge is 0.115 e. The fourth-order valence-corrected chi connectivity index (χ4v) is 0.649. The molecule has 0 N–H and O–H groups in total. The molecule has 0 aromatic carbocycles. The molecule has 0 spiro atoms. The Hall–Kier alpha value is -1.25. The van der Waals surface area contributed by atoms with Crippen LogP contribution >= 0.6 is 0 Å². The number of aryl methyl sites for hydroxylation is 1. The molecule has 52 valence electrons. The SMILES string of the molecule is C/C=N\c1cncnc1C. The molecule has 0 aliphatic heterocycles. The van der Waals surface area contributed by atoms with Crippen molar-refractivity contribution in [2.24, 2.45) is 4.99 Å². The monoisotopic (exact) mass is 135 g/mol. The highest BCUT2D eigenvalue weighted by molar-refractivity contribution is 5.60. The van der Waals surface area contributed by atoms with Gasteiger partial charge in [-0.1, -0.05) is 0 Å². The third kappa shape index (κ3) is 1.37. The van der Waals surface area contributed by atoms with Crippen molar-refractivity contribution in [3.63, 3.8) is 0 Å². The maximum absolute atomic E-state index is 4.06. The van der Waals surface area contributed by atoms with Gasteiger partial charge in [0.2, 0.25) is 0 Å². The van der Waals surface area contributed by atoms with Crippen LogP contribution in [0.1, 0.15) is 12.6 Å². The summed E-state index contributed by atoms with van der Waals surface area (Å²) >= 11 is 0. The zero-order chi connectivity index (χ0) is 7.40. The molecule has 0 bridgehead atoms. The summed E-state index contributed by atoms with van der Waals surface area (Å²) in [4.78, 5) is 11.9. The lowest BCUT2D eigenvalue weighted by molar-refractivity contribution is 1.09. The minimum Gasteiger partial charge on any atom is -0.258 e. The lowest BCUT2D eigenvalue weighted by atomic mass is 10.4. The molecule has 10 heavy (non-hydrogen) atoms. The average Bonchev–Trinajstić information content (AvgIpc) is 1.94. The quantitative estimate of drug-likeness (QED) is 0.547. The first-order chi connectivity index (χ1) is 4.84. The molecule has 1 rings (SSSR count). The van der Waals surface area contributed by atoms with Gasteiger partial charge in [0, 0.05) is 6.21 Å². The third-order valence-corrected chi connectivity index (χ3v) is 1.15. The second-order valence-electron chi connectivity index (χ2n) is 1.88. The first-order valence-corrected chi connectivity index (χ1v) is 3.10. The molecule has 0 amide bonds. The van der Waals surface area contributed by atoms with Crippen molar-refractivity contribution >= 4 is 11.9 Å². The van der Waals surface area contributed by atoms with Gasteiger partial charge < -0.3 is 0 Å². The molecule has 0 unspecified atom stereocenters. The Balaban J connectivity index is 3.03. The highest BCUT2D eigenvalue weighted by Gasteiger charge is 1.92. The predicted molar refractivity (Wildman–Crippen MR) is 40.6 cm³/mol. The van der Waals surface area contributed by atoms with Crippen molar-refractivity contribution in [2.75, 3.05) is 0 Å². The molecule has 3 nitrogen and oxygen atoms in total. The average molecular weight is 135 g/mol. The molecule has 0 saturated carbocycles. The molecule has 1 heterocycles. The largest absolute Gasteiger partial charge is 0.258 e. The lowest BCUT2D eigenvalue weighted by Gasteiger charge is -1.93. The summed E-state index contributed by atoms with van der Waals surface area (Å²) < 4.78 is 0. The number of nitrogens with zero attached hydrogens (tertiary/aromatic N) is 3. The van der Waals surface area contributed by atoms with E-state index in [2.05, 4.69) is 15.0 Å². The molecule has 0 atom stereocenters. The van der Waals surface area contributed by atoms with Crippen LogP contribution in [0.15, 0.2) is 17.5 Å². The van der Waals surface area contributed by atoms with E-state index >= 15 is 0 Å². The van der Waals surface area contributed by atoms with Gasteiger partial charge in [0.05, 0.1) is 11.9 Å². The van der Waals surface area contributed by atoms with Crippen LogP contribution in [-0.4, -0.2) is 16.2 Å². The number of aromatic nitrogens is 2. The standard InChI is InChI=1S/C7H9N3/c1-3-9-7-4-8-5-10-6(7)2/h3-5H,1-2H3/b9-3-. The van der Waals surface area contributed by atoms with E-state index < -0.39 is 0 Å². The van der Waals surface area contributed by atoms with E-state index in [1.54, 1.807) is 12.4 Å². The zero-order valence-corrected chi connectivity index (χ0v) is 6.07. The van der Waals surface area contributed by atoms with Crippen LogP contribution in [0, 0.1) is 6.92 Å². The Morgan fingerprint density at radius 3 is 3.00 bits per heavy atom. The molecular formula is C7H9N3. The van der Waals surface area contributed by atoms with E-state index in [0.29, 0.717) is 0 Å². The van der Waals surface area contributed by atoms with Crippen molar-refractivity contribution in [3.05, 3.63) is 18.2 Å². The fourth-order valence-electron chi connectivity index (χ4n) is 0.649. The van der Waals surface area contributed by atoms with Gasteiger partial charge in [-0.15, -0.1) is 0 Å². The van der Waals surface area contributed by atoms with Gasteiger partial charge in [0.25, 0.3) is 0 Å². The van der Waals surface area contributed by atoms with E-state index in [4.69, 9.17) is 0 Å². The number of rotatable bonds is 1. The maximum Gasteiger partial charge on any atom is 0.115 e. The molecule has 1 aromatic heterocycles. The highest BCUT2D eigenvalue weighted by Crippen LogP contribution is 2.11. The van der Waals surface area contributed by atoms with Gasteiger partial charge in [-0.2, -0.15) is 0 Å². The molecule has 0 aliphatic rings. The number of hydrogen-bond donors (Lipinski definition) is 0. The van der Waals surface area contributed by atoms with Crippen LogP contribution in [0.25, 0.3) is 0 Å². The molecular weight excluding hydrogens is 126 g/mol. The molecule has 0 radical (unpaired) electrons. The van der Waals surface area contributed by atoms with E-state index in [-0.39, 0.29) is 0 Å². The Kier molecular flexibility index (Phi) is 2.10. The second-order valence-corrected chi connectivity index (χ2v) is 1.88. The van der Waals surface area contributed by atoms with Crippen LogP contribution in [0.2, 0.25) is 0 Å². The first-order valence-electron chi connectivity index (χ1n) is 3.10. The molecule has 1 aromatic rings. The first kappa shape index (κ1) is 6.86. The summed E-state index contributed by atoms with van der Waals surface area (Å²) in [5.41, 5.74) is 1.75. The zero-order valence-electron chi connectivity index (χ0n) is 6.07. The normalized spacial score (nSPS) is 10.6. The van der Waals surface area contributed by atoms with Crippen molar-refractivity contribution in [2.45, 2.75) is 13.8 Å². The van der Waals surface area contributed by atoms with Crippen LogP contribution < -0.4 is 0 Å². The van der Waals surface area contributed by atoms with Crippen LogP contribution in [0.5, 0.6) is 0 Å². The van der Waals surface area contributed by atoms with Gasteiger partial charge in [0.1, 0.15) is 12.0 Å². The van der Waals surface area contributed by atoms with Gasteiger partial charge in [0.15, 0.2) is 0 Å². The van der Waals surface area contributed by atoms with Gasteiger partial charge >= 0.3 is 0 Å². The minimum absolute atomic E-state index is 0.838. The van der Waals surface area contributed by atoms with Gasteiger partial charge in [-0.05, 0) is 13.8 Å². The van der Waals surface area contributed by atoms with Crippen LogP contribution in [0.4, 0.5) is 5.69 Å². The third-order valence-electron chi connectivity index (χ3n) is 1.15. The van der Waals surface area contributed by atoms with Crippen molar-refractivity contribution in [3.8, 4) is 0 Å². The molecule has 0 saturated heterocycles. The van der Waals surface area contributed by atoms with Crippen molar-refractivity contribution < 1.29 is 0 Å². The Morgan fingerprint density at radius 2 is 2.40 bits per heavy atom. The Bertz CT molecular complexity index is 242. The summed E-state index contributed by atoms with van der Waals surface area (Å²) in [6.45, 7) is 3.77. The number of aliphatic imine (C=N–C) groups is 1. The molecule has 0 aliphatic carbocycles. The van der Waals surface area contributed by atoms with Crippen molar-refractivity contribution in [1.82, 2.24) is 9.97 Å². The number of hydrogen-bond acceptors (Lipinski definition) is 3. The minimum atomic E-state index is 0.838. The van der Waals surface area contributed by atoms with Crippen LogP contribution in [0.3, 0.4) is 0 Å². The summed E-state index contributed by atoms with van der Waals surface area (Å²) in [5, 5.41) is 0. The Labute approximate surface area is 59.9 Å². The van der Waals surface area contributed by atoms with E-state index in [1.807, 2.05) is 13.8 Å². The maximum atomic E-state index is 4.06. The van der Waals surface area contributed by atoms with Crippen LogP contribution in [-0.2, 0) is 0 Å². The summed E-state index contributed by atoms with van der Waals surface area (Å²) in [6.07, 6.45) is 4.94. The molecule has 0 fully saturated rings. The topological polar surface area (TPSA) is 38.1 Å². The summed E-state index contributed by atoms with van der Waals surface area (Å²) in [5.74, 6) is 0. The molecule has 3 heteroatoms. The summed E-state index contributed by atoms with van der Waals surface area (Å²) in [7, 11) is 0. The Morgan fingerprint density at radius 1 is 1.60 bits per heavy atom. The van der Waals surface area contributed by atoms with Gasteiger partial charge in [-0.3, -0.25) is 4.99 Å². The van der Waals surface area contributed by atoms with E-state index in [9.17, 15) is 0 Å². The summed E-state index contributed by atoms with van der Waals surface area (Å²) in [6, 6.07) is 0. The second kappa shape index (κ2) is 3.06.